The minimum atomic E-state index is -1.23. The molecule has 0 atom stereocenters. The molecule has 0 saturated carbocycles. The number of aliphatic carboxylic acids is 2. The monoisotopic (exact) mass is 286 g/mol. The Morgan fingerprint density at radius 1 is 1.00 bits per heavy atom. The molecule has 0 aliphatic heterocycles. The summed E-state index contributed by atoms with van der Waals surface area (Å²) in [6.45, 7) is 11.9. The molecule has 4 nitrogen and oxygen atoms in total. The highest BCUT2D eigenvalue weighted by Crippen LogP contribution is 2.31. The van der Waals surface area contributed by atoms with Gasteiger partial charge < -0.3 is 10.2 Å². The molecule has 0 spiro atoms. The van der Waals surface area contributed by atoms with E-state index in [1.54, 1.807) is 20.8 Å². The van der Waals surface area contributed by atoms with Gasteiger partial charge in [-0.25, -0.2) is 9.59 Å². The van der Waals surface area contributed by atoms with Gasteiger partial charge in [-0.15, -0.1) is 0 Å². The fraction of sp³-hybridized carbons (Fsp3) is 0.714. The standard InChI is InChI=1S/C14H26O4Si/c1-14(2,3)11(13(17)18)10(12(15)16)8-7-9-19(4,5)6/h7-9H2,1-6H3,(H,15,16)(H,17,18). The Morgan fingerprint density at radius 2 is 1.47 bits per heavy atom. The molecule has 110 valence electrons. The summed E-state index contributed by atoms with van der Waals surface area (Å²) in [6, 6.07) is 1.00. The molecule has 0 aliphatic rings. The molecule has 0 amide bonds. The van der Waals surface area contributed by atoms with Crippen LogP contribution in [0.3, 0.4) is 0 Å². The molecule has 0 bridgehead atoms. The molecule has 2 N–H and O–H groups in total. The van der Waals surface area contributed by atoms with Crippen molar-refractivity contribution in [3.05, 3.63) is 11.1 Å². The normalized spacial score (nSPS) is 14.0. The van der Waals surface area contributed by atoms with E-state index in [-0.39, 0.29) is 11.1 Å². The summed E-state index contributed by atoms with van der Waals surface area (Å²) < 4.78 is 0. The summed E-state index contributed by atoms with van der Waals surface area (Å²) in [4.78, 5) is 22.7. The van der Waals surface area contributed by atoms with Gasteiger partial charge in [-0.3, -0.25) is 0 Å². The fourth-order valence-corrected chi connectivity index (χ4v) is 3.27. The second-order valence-corrected chi connectivity index (χ2v) is 12.7. The van der Waals surface area contributed by atoms with Gasteiger partial charge in [-0.05, 0) is 11.8 Å². The highest BCUT2D eigenvalue weighted by atomic mass is 28.3. The molecular formula is C14H26O4Si. The third-order valence-corrected chi connectivity index (χ3v) is 4.73. The van der Waals surface area contributed by atoms with Crippen LogP contribution in [0, 0.1) is 5.41 Å². The number of carbonyl (C=O) groups is 2. The van der Waals surface area contributed by atoms with Crippen LogP contribution in [0.1, 0.15) is 33.6 Å². The zero-order chi connectivity index (χ0) is 15.4. The lowest BCUT2D eigenvalue weighted by molar-refractivity contribution is -0.137. The SMILES string of the molecule is CC(C)(C)C(C(=O)O)=C(CCC[Si](C)(C)C)C(=O)O. The van der Waals surface area contributed by atoms with Crippen LogP contribution in [0.5, 0.6) is 0 Å². The lowest BCUT2D eigenvalue weighted by Crippen LogP contribution is -2.24. The molecule has 0 rings (SSSR count). The van der Waals surface area contributed by atoms with Crippen LogP contribution in [0.2, 0.25) is 25.7 Å². The van der Waals surface area contributed by atoms with E-state index in [2.05, 4.69) is 19.6 Å². The van der Waals surface area contributed by atoms with Gasteiger partial charge in [0.05, 0.1) is 5.57 Å². The molecule has 0 aromatic rings. The maximum atomic E-state index is 11.3. The van der Waals surface area contributed by atoms with Crippen LogP contribution in [0.25, 0.3) is 0 Å². The van der Waals surface area contributed by atoms with Crippen LogP contribution in [-0.2, 0) is 9.59 Å². The minimum Gasteiger partial charge on any atom is -0.478 e. The summed E-state index contributed by atoms with van der Waals surface area (Å²) in [5.41, 5.74) is -0.590. The lowest BCUT2D eigenvalue weighted by Gasteiger charge is -2.23. The Hall–Kier alpha value is -1.10. The van der Waals surface area contributed by atoms with Gasteiger partial charge in [0.1, 0.15) is 0 Å². The van der Waals surface area contributed by atoms with Crippen molar-refractivity contribution < 1.29 is 19.8 Å². The van der Waals surface area contributed by atoms with E-state index in [1.807, 2.05) is 0 Å². The Morgan fingerprint density at radius 3 is 1.74 bits per heavy atom. The van der Waals surface area contributed by atoms with Gasteiger partial charge in [0.15, 0.2) is 0 Å². The number of hydrogen-bond acceptors (Lipinski definition) is 2. The summed E-state index contributed by atoms with van der Waals surface area (Å²) >= 11 is 0. The van der Waals surface area contributed by atoms with Crippen LogP contribution >= 0.6 is 0 Å². The average Bonchev–Trinajstić information content (AvgIpc) is 2.10. The topological polar surface area (TPSA) is 74.6 Å². The van der Waals surface area contributed by atoms with Crippen LogP contribution in [0.4, 0.5) is 0 Å². The van der Waals surface area contributed by atoms with Crippen molar-refractivity contribution in [3.8, 4) is 0 Å². The van der Waals surface area contributed by atoms with Gasteiger partial charge in [0.25, 0.3) is 0 Å². The van der Waals surface area contributed by atoms with Crippen molar-refractivity contribution in [1.82, 2.24) is 0 Å². The summed E-state index contributed by atoms with van der Waals surface area (Å²) in [5, 5.41) is 18.6. The summed E-state index contributed by atoms with van der Waals surface area (Å²) in [5.74, 6) is -2.24. The molecule has 0 fully saturated rings. The highest BCUT2D eigenvalue weighted by Gasteiger charge is 2.30. The van der Waals surface area contributed by atoms with Crippen molar-refractivity contribution in [2.24, 2.45) is 5.41 Å². The third kappa shape index (κ3) is 6.57. The summed E-state index contributed by atoms with van der Waals surface area (Å²) in [7, 11) is -1.23. The maximum Gasteiger partial charge on any atom is 0.332 e. The molecule has 0 radical (unpaired) electrons. The lowest BCUT2D eigenvalue weighted by atomic mass is 9.82. The number of carboxylic acids is 2. The Kier molecular flexibility index (Phi) is 6.00. The van der Waals surface area contributed by atoms with E-state index in [1.165, 1.54) is 0 Å². The van der Waals surface area contributed by atoms with Crippen LogP contribution in [0.15, 0.2) is 11.1 Å². The van der Waals surface area contributed by atoms with E-state index in [4.69, 9.17) is 0 Å². The van der Waals surface area contributed by atoms with Gasteiger partial charge in [0, 0.05) is 13.6 Å². The number of hydrogen-bond donors (Lipinski definition) is 2. The molecule has 5 heteroatoms. The molecule has 0 unspecified atom stereocenters. The Bertz CT molecular complexity index is 383. The van der Waals surface area contributed by atoms with Crippen molar-refractivity contribution >= 4 is 20.0 Å². The smallest absolute Gasteiger partial charge is 0.332 e. The van der Waals surface area contributed by atoms with Gasteiger partial charge in [-0.2, -0.15) is 0 Å². The molecule has 19 heavy (non-hydrogen) atoms. The first kappa shape index (κ1) is 17.9. The molecule has 0 aromatic heterocycles. The highest BCUT2D eigenvalue weighted by molar-refractivity contribution is 6.76. The van der Waals surface area contributed by atoms with E-state index < -0.39 is 25.4 Å². The second kappa shape index (κ2) is 6.37. The molecule has 0 aliphatic carbocycles. The van der Waals surface area contributed by atoms with E-state index in [9.17, 15) is 19.8 Å². The number of rotatable bonds is 6. The minimum absolute atomic E-state index is 0.0237. The quantitative estimate of drug-likeness (QED) is 0.577. The third-order valence-electron chi connectivity index (χ3n) is 2.88. The van der Waals surface area contributed by atoms with Crippen molar-refractivity contribution in [2.75, 3.05) is 0 Å². The van der Waals surface area contributed by atoms with E-state index >= 15 is 0 Å². The average molecular weight is 286 g/mol. The summed E-state index contributed by atoms with van der Waals surface area (Å²) in [6.07, 6.45) is 1.07. The maximum absolute atomic E-state index is 11.3. The Balaban J connectivity index is 5.27. The fourth-order valence-electron chi connectivity index (χ4n) is 2.04. The second-order valence-electron chi connectivity index (χ2n) is 7.13. The van der Waals surface area contributed by atoms with Crippen LogP contribution < -0.4 is 0 Å². The largest absolute Gasteiger partial charge is 0.478 e. The number of carboxylic acid groups (broad SMARTS) is 2. The predicted octanol–water partition coefficient (Wildman–Crippen LogP) is 3.62. The van der Waals surface area contributed by atoms with E-state index in [0.717, 1.165) is 12.5 Å². The van der Waals surface area contributed by atoms with Crippen molar-refractivity contribution in [2.45, 2.75) is 59.3 Å². The van der Waals surface area contributed by atoms with E-state index in [0.29, 0.717) is 6.42 Å². The Labute approximate surface area is 116 Å². The molecule has 0 aromatic carbocycles. The van der Waals surface area contributed by atoms with Crippen molar-refractivity contribution in [1.29, 1.82) is 0 Å². The molecular weight excluding hydrogens is 260 g/mol. The zero-order valence-electron chi connectivity index (χ0n) is 12.8. The van der Waals surface area contributed by atoms with Gasteiger partial charge in [-0.1, -0.05) is 52.9 Å². The van der Waals surface area contributed by atoms with Crippen molar-refractivity contribution in [3.63, 3.8) is 0 Å². The zero-order valence-corrected chi connectivity index (χ0v) is 13.8. The predicted molar refractivity (Wildman–Crippen MR) is 79.1 cm³/mol. The van der Waals surface area contributed by atoms with Crippen LogP contribution in [-0.4, -0.2) is 30.2 Å². The first-order valence-corrected chi connectivity index (χ1v) is 10.3. The molecule has 0 saturated heterocycles. The van der Waals surface area contributed by atoms with Gasteiger partial charge >= 0.3 is 11.9 Å². The van der Waals surface area contributed by atoms with Gasteiger partial charge in [0.2, 0.25) is 0 Å². The molecule has 0 heterocycles. The first-order chi connectivity index (χ1) is 8.36. The first-order valence-electron chi connectivity index (χ1n) is 6.56.